The van der Waals surface area contributed by atoms with Gasteiger partial charge >= 0.3 is 5.97 Å². The van der Waals surface area contributed by atoms with E-state index >= 15 is 0 Å². The summed E-state index contributed by atoms with van der Waals surface area (Å²) in [5, 5.41) is 0. The number of piperidine rings is 1. The van der Waals surface area contributed by atoms with Crippen LogP contribution in [0.25, 0.3) is 0 Å². The van der Waals surface area contributed by atoms with Gasteiger partial charge in [0.25, 0.3) is 0 Å². The minimum atomic E-state index is -0.564. The van der Waals surface area contributed by atoms with E-state index in [4.69, 9.17) is 23.7 Å². The first kappa shape index (κ1) is 35.3. The van der Waals surface area contributed by atoms with Crippen molar-refractivity contribution in [3.63, 3.8) is 0 Å². The third-order valence-electron chi connectivity index (χ3n) is 11.0. The van der Waals surface area contributed by atoms with Crippen LogP contribution in [-0.2, 0) is 25.5 Å². The first-order valence-electron chi connectivity index (χ1n) is 18.5. The molecule has 0 unspecified atom stereocenters. The van der Waals surface area contributed by atoms with E-state index in [9.17, 15) is 9.59 Å². The van der Waals surface area contributed by atoms with Gasteiger partial charge in [0.15, 0.2) is 11.5 Å². The minimum absolute atomic E-state index is 0.0455. The summed E-state index contributed by atoms with van der Waals surface area (Å²) in [4.78, 5) is 32.6. The minimum Gasteiger partial charge on any atom is -0.493 e. The van der Waals surface area contributed by atoms with Crippen molar-refractivity contribution in [2.75, 3.05) is 60.2 Å². The quantitative estimate of drug-likeness (QED) is 0.178. The number of carbonyl (C=O) groups excluding carboxylic acids is 2. The van der Waals surface area contributed by atoms with Gasteiger partial charge in [-0.15, -0.1) is 0 Å². The van der Waals surface area contributed by atoms with Crippen LogP contribution in [0.5, 0.6) is 17.2 Å². The number of benzene rings is 2. The maximum absolute atomic E-state index is 14.2. The molecule has 49 heavy (non-hydrogen) atoms. The van der Waals surface area contributed by atoms with Gasteiger partial charge in [0.05, 0.1) is 27.4 Å². The van der Waals surface area contributed by atoms with Crippen LogP contribution in [0.1, 0.15) is 75.0 Å². The topological polar surface area (TPSA) is 86.8 Å². The second-order valence-electron chi connectivity index (χ2n) is 14.0. The molecule has 9 nitrogen and oxygen atoms in total. The lowest BCUT2D eigenvalue weighted by Crippen LogP contribution is -2.52. The molecular weight excluding hydrogens is 620 g/mol. The fraction of sp³-hybridized carbons (Fsp3) is 0.600. The average molecular weight is 675 g/mol. The highest BCUT2D eigenvalue weighted by Gasteiger charge is 2.42. The van der Waals surface area contributed by atoms with Crippen LogP contribution in [0.2, 0.25) is 0 Å². The highest BCUT2D eigenvalue weighted by Crippen LogP contribution is 2.42. The van der Waals surface area contributed by atoms with Crippen LogP contribution in [0, 0.1) is 17.8 Å². The molecule has 0 N–H and O–H groups in total. The molecule has 0 aromatic heterocycles. The fourth-order valence-corrected chi connectivity index (χ4v) is 8.21. The molecule has 2 aromatic rings. The van der Waals surface area contributed by atoms with Gasteiger partial charge in [0.1, 0.15) is 24.5 Å². The summed E-state index contributed by atoms with van der Waals surface area (Å²) in [5.74, 6) is 2.73. The summed E-state index contributed by atoms with van der Waals surface area (Å²) >= 11 is 0. The zero-order valence-electron chi connectivity index (χ0n) is 29.4. The number of morpholine rings is 1. The first-order valence-corrected chi connectivity index (χ1v) is 18.5. The molecule has 2 aliphatic carbocycles. The molecule has 1 amide bonds. The second-order valence-corrected chi connectivity index (χ2v) is 14.0. The number of ether oxygens (including phenoxy) is 5. The number of nitrogens with zero attached hydrogens (tertiary/aromatic N) is 2. The smallest absolute Gasteiger partial charge is 0.329 e. The Labute approximate surface area is 291 Å². The molecule has 9 heteroatoms. The number of aryl methyl sites for hydroxylation is 1. The lowest BCUT2D eigenvalue weighted by molar-refractivity contribution is -0.164. The molecule has 3 fully saturated rings. The van der Waals surface area contributed by atoms with Crippen molar-refractivity contribution in [2.24, 2.45) is 17.8 Å². The van der Waals surface area contributed by atoms with Crippen molar-refractivity contribution in [1.29, 1.82) is 0 Å². The molecule has 2 aliphatic heterocycles. The summed E-state index contributed by atoms with van der Waals surface area (Å²) in [6, 6.07) is 13.2. The number of carbonyl (C=O) groups is 2. The molecule has 2 heterocycles. The Bertz CT molecular complexity index is 1420. The Kier molecular flexibility index (Phi) is 12.5. The molecule has 1 saturated carbocycles. The highest BCUT2D eigenvalue weighted by molar-refractivity contribution is 5.86. The third-order valence-corrected chi connectivity index (χ3v) is 11.0. The lowest BCUT2D eigenvalue weighted by Gasteiger charge is -2.42. The second kappa shape index (κ2) is 17.4. The number of likely N-dealkylation sites (tertiary alicyclic amines) is 1. The Hall–Kier alpha value is -3.56. The van der Waals surface area contributed by atoms with E-state index in [1.54, 1.807) is 14.2 Å². The first-order chi connectivity index (χ1) is 24.0. The summed E-state index contributed by atoms with van der Waals surface area (Å²) in [5.41, 5.74) is 1.94. The van der Waals surface area contributed by atoms with Crippen LogP contribution in [0.4, 0.5) is 0 Å². The van der Waals surface area contributed by atoms with Gasteiger partial charge in [0, 0.05) is 32.1 Å². The largest absolute Gasteiger partial charge is 0.493 e. The van der Waals surface area contributed by atoms with Crippen LogP contribution in [0.15, 0.2) is 54.6 Å². The molecule has 0 radical (unpaired) electrons. The van der Waals surface area contributed by atoms with E-state index < -0.39 is 12.1 Å². The van der Waals surface area contributed by atoms with Gasteiger partial charge in [-0.25, -0.2) is 4.79 Å². The molecular formula is C40H54N2O7. The number of hydrogen-bond acceptors (Lipinski definition) is 8. The Morgan fingerprint density at radius 3 is 2.57 bits per heavy atom. The number of rotatable bonds is 13. The highest BCUT2D eigenvalue weighted by atomic mass is 16.5. The predicted octanol–water partition coefficient (Wildman–Crippen LogP) is 6.40. The molecule has 5 atom stereocenters. The van der Waals surface area contributed by atoms with Crippen LogP contribution < -0.4 is 14.2 Å². The summed E-state index contributed by atoms with van der Waals surface area (Å²) < 4.78 is 29.1. The van der Waals surface area contributed by atoms with Gasteiger partial charge < -0.3 is 28.6 Å². The zero-order chi connectivity index (χ0) is 34.0. The molecule has 2 aromatic carbocycles. The number of fused-ring (bicyclic) bond motifs is 1. The normalized spacial score (nSPS) is 24.8. The standard InChI is InChI=1S/C40H54N2O7/c1-45-37-19-17-29(27-38(37)46-2)16-18-36(31-11-7-12-32(28-31)48-26-23-41-21-24-47-25-22-41)49-40(44)35-15-5-6-20-42(35)39(43)34-14-8-10-30-9-3-4-13-33(30)34/h7-8,10-12,17,19,27-28,30,33-36H,3-6,9,13-16,18,20-26H2,1-2H3/t30-,33+,34+,35-,36+/m0/s1. The Morgan fingerprint density at radius 1 is 0.918 bits per heavy atom. The van der Waals surface area contributed by atoms with Crippen LogP contribution in [0.3, 0.4) is 0 Å². The van der Waals surface area contributed by atoms with Crippen LogP contribution in [-0.4, -0.2) is 87.9 Å². The maximum atomic E-state index is 14.2. The molecule has 266 valence electrons. The van der Waals surface area contributed by atoms with E-state index in [0.717, 1.165) is 81.8 Å². The van der Waals surface area contributed by atoms with Crippen molar-refractivity contribution in [2.45, 2.75) is 76.4 Å². The maximum Gasteiger partial charge on any atom is 0.329 e. The number of amides is 1. The van der Waals surface area contributed by atoms with Crippen molar-refractivity contribution >= 4 is 11.9 Å². The number of hydrogen-bond donors (Lipinski definition) is 0. The third kappa shape index (κ3) is 8.97. The van der Waals surface area contributed by atoms with Gasteiger partial charge in [-0.2, -0.15) is 0 Å². The van der Waals surface area contributed by atoms with E-state index in [1.807, 2.05) is 47.4 Å². The molecule has 4 aliphatic rings. The van der Waals surface area contributed by atoms with Gasteiger partial charge in [-0.3, -0.25) is 9.69 Å². The van der Waals surface area contributed by atoms with Crippen molar-refractivity contribution in [1.82, 2.24) is 9.80 Å². The van der Waals surface area contributed by atoms with Crippen molar-refractivity contribution < 1.29 is 33.3 Å². The molecule has 2 saturated heterocycles. The SMILES string of the molecule is COc1ccc(CC[C@@H](OC(=O)[C@@H]2CCCCN2C(=O)[C@@H]2CC=C[C@@H]3CCCC[C@H]32)c2cccc(OCCN3CCOCC3)c2)cc1OC. The number of methoxy groups -OCH3 is 2. The number of allylic oxidation sites excluding steroid dienone is 2. The lowest BCUT2D eigenvalue weighted by atomic mass is 9.68. The summed E-state index contributed by atoms with van der Waals surface area (Å²) in [7, 11) is 3.26. The summed E-state index contributed by atoms with van der Waals surface area (Å²) in [6.07, 6.45) is 13.1. The fourth-order valence-electron chi connectivity index (χ4n) is 8.21. The monoisotopic (exact) mass is 674 g/mol. The molecule has 0 spiro atoms. The molecule has 6 rings (SSSR count). The average Bonchev–Trinajstić information content (AvgIpc) is 3.16. The van der Waals surface area contributed by atoms with Gasteiger partial charge in [-0.05, 0) is 98.6 Å². The number of esters is 1. The van der Waals surface area contributed by atoms with Crippen molar-refractivity contribution in [3.05, 3.63) is 65.7 Å². The van der Waals surface area contributed by atoms with E-state index in [-0.39, 0.29) is 17.8 Å². The van der Waals surface area contributed by atoms with E-state index in [2.05, 4.69) is 17.1 Å². The van der Waals surface area contributed by atoms with E-state index in [0.29, 0.717) is 55.7 Å². The van der Waals surface area contributed by atoms with Crippen LogP contribution >= 0.6 is 0 Å². The summed E-state index contributed by atoms with van der Waals surface area (Å²) in [6.45, 7) is 5.34. The Morgan fingerprint density at radius 2 is 1.73 bits per heavy atom. The van der Waals surface area contributed by atoms with E-state index in [1.165, 1.54) is 12.8 Å². The Balaban J connectivity index is 1.18. The molecule has 0 bridgehead atoms. The van der Waals surface area contributed by atoms with Crippen molar-refractivity contribution in [3.8, 4) is 17.2 Å². The predicted molar refractivity (Wildman–Crippen MR) is 188 cm³/mol. The van der Waals surface area contributed by atoms with Gasteiger partial charge in [-0.1, -0.05) is 43.2 Å². The zero-order valence-corrected chi connectivity index (χ0v) is 29.4. The van der Waals surface area contributed by atoms with Gasteiger partial charge in [0.2, 0.25) is 5.91 Å².